The molecule has 0 saturated heterocycles. The predicted molar refractivity (Wildman–Crippen MR) is 248 cm³/mol. The topological polar surface area (TPSA) is 30.7 Å². The number of benzene rings is 10. The Hall–Kier alpha value is -7.88. The van der Waals surface area contributed by atoms with E-state index in [0.717, 1.165) is 39.2 Å². The van der Waals surface area contributed by atoms with Crippen molar-refractivity contribution >= 4 is 64.9 Å². The third-order valence-corrected chi connectivity index (χ3v) is 12.0. The molecule has 0 saturated carbocycles. The Morgan fingerprint density at radius 1 is 0.305 bits per heavy atom. The summed E-state index contributed by atoms with van der Waals surface area (Å²) in [5, 5.41) is 12.1. The highest BCUT2D eigenvalue weighted by Gasteiger charge is 2.19. The zero-order valence-corrected chi connectivity index (χ0v) is 32.0. The van der Waals surface area contributed by atoms with E-state index in [2.05, 4.69) is 205 Å². The number of aromatic nitrogens is 3. The van der Waals surface area contributed by atoms with Crippen molar-refractivity contribution in [2.45, 2.75) is 0 Å². The van der Waals surface area contributed by atoms with Gasteiger partial charge < -0.3 is 4.57 Å². The molecule has 10 aromatic carbocycles. The first kappa shape index (κ1) is 33.3. The van der Waals surface area contributed by atoms with Crippen molar-refractivity contribution in [2.24, 2.45) is 0 Å². The predicted octanol–water partition coefficient (Wildman–Crippen LogP) is 14.9. The first-order chi connectivity index (χ1) is 29.2. The number of hydrogen-bond acceptors (Lipinski definition) is 2. The number of nitrogens with zero attached hydrogens (tertiary/aromatic N) is 3. The molecule has 0 aliphatic rings. The fourth-order valence-electron chi connectivity index (χ4n) is 9.20. The van der Waals surface area contributed by atoms with E-state index in [1.165, 1.54) is 70.6 Å². The second-order valence-corrected chi connectivity index (χ2v) is 15.3. The Balaban J connectivity index is 1.09. The monoisotopic (exact) mass is 749 g/mol. The van der Waals surface area contributed by atoms with Crippen LogP contribution >= 0.6 is 0 Å². The number of hydrogen-bond donors (Lipinski definition) is 0. The molecule has 3 heteroatoms. The van der Waals surface area contributed by atoms with Crippen molar-refractivity contribution in [1.82, 2.24) is 14.5 Å². The normalized spacial score (nSPS) is 11.7. The summed E-state index contributed by atoms with van der Waals surface area (Å²) in [6.07, 6.45) is 0. The molecule has 2 heterocycles. The van der Waals surface area contributed by atoms with Gasteiger partial charge in [0.15, 0.2) is 5.82 Å². The molecule has 0 aliphatic carbocycles. The smallest absolute Gasteiger partial charge is 0.161 e. The lowest BCUT2D eigenvalue weighted by Crippen LogP contribution is -1.97. The fourth-order valence-corrected chi connectivity index (χ4v) is 9.20. The highest BCUT2D eigenvalue weighted by Crippen LogP contribution is 2.43. The maximum atomic E-state index is 5.28. The van der Waals surface area contributed by atoms with Crippen molar-refractivity contribution in [1.29, 1.82) is 0 Å². The average Bonchev–Trinajstić information content (AvgIpc) is 3.65. The Morgan fingerprint density at radius 3 is 1.61 bits per heavy atom. The molecular weight excluding hydrogens is 715 g/mol. The first-order valence-corrected chi connectivity index (χ1v) is 20.2. The minimum atomic E-state index is 0.712. The summed E-state index contributed by atoms with van der Waals surface area (Å²) in [5.41, 5.74) is 10.8. The highest BCUT2D eigenvalue weighted by molar-refractivity contribution is 6.28. The average molecular weight is 750 g/mol. The summed E-state index contributed by atoms with van der Waals surface area (Å²) in [6.45, 7) is 0. The van der Waals surface area contributed by atoms with Gasteiger partial charge in [-0.15, -0.1) is 0 Å². The molecule has 12 aromatic rings. The van der Waals surface area contributed by atoms with Gasteiger partial charge in [0.05, 0.1) is 22.4 Å². The summed E-state index contributed by atoms with van der Waals surface area (Å²) in [5.74, 6) is 0.712. The summed E-state index contributed by atoms with van der Waals surface area (Å²) in [4.78, 5) is 10.6. The van der Waals surface area contributed by atoms with Gasteiger partial charge in [0.25, 0.3) is 0 Å². The van der Waals surface area contributed by atoms with Crippen LogP contribution in [0.3, 0.4) is 0 Å². The molecule has 0 fully saturated rings. The molecular formula is C56H35N3. The van der Waals surface area contributed by atoms with Crippen LogP contribution in [0.4, 0.5) is 0 Å². The minimum absolute atomic E-state index is 0.712. The van der Waals surface area contributed by atoms with E-state index < -0.39 is 0 Å². The van der Waals surface area contributed by atoms with Crippen LogP contribution in [0, 0.1) is 0 Å². The zero-order valence-electron chi connectivity index (χ0n) is 32.0. The van der Waals surface area contributed by atoms with E-state index in [-0.39, 0.29) is 0 Å². The van der Waals surface area contributed by atoms with E-state index in [1.54, 1.807) is 0 Å². The van der Waals surface area contributed by atoms with Gasteiger partial charge in [0, 0.05) is 38.5 Å². The van der Waals surface area contributed by atoms with Gasteiger partial charge in [-0.3, -0.25) is 0 Å². The molecule has 0 unspecified atom stereocenters. The molecule has 59 heavy (non-hydrogen) atoms. The van der Waals surface area contributed by atoms with Crippen molar-refractivity contribution in [3.8, 4) is 50.7 Å². The van der Waals surface area contributed by atoms with Gasteiger partial charge in [-0.25, -0.2) is 9.97 Å². The van der Waals surface area contributed by atoms with Crippen LogP contribution in [0.25, 0.3) is 116 Å². The van der Waals surface area contributed by atoms with E-state index in [1.807, 2.05) is 12.1 Å². The van der Waals surface area contributed by atoms with Crippen LogP contribution in [0.5, 0.6) is 0 Å². The van der Waals surface area contributed by atoms with Crippen LogP contribution in [-0.4, -0.2) is 14.5 Å². The Morgan fingerprint density at radius 2 is 0.864 bits per heavy atom. The Labute approximate surface area is 341 Å². The van der Waals surface area contributed by atoms with Crippen LogP contribution < -0.4 is 0 Å². The largest absolute Gasteiger partial charge is 0.309 e. The molecule has 274 valence electrons. The third kappa shape index (κ3) is 5.44. The van der Waals surface area contributed by atoms with Crippen molar-refractivity contribution < 1.29 is 0 Å². The molecule has 0 N–H and O–H groups in total. The molecule has 3 nitrogen and oxygen atoms in total. The quantitative estimate of drug-likeness (QED) is 0.164. The molecule has 2 aromatic heterocycles. The third-order valence-electron chi connectivity index (χ3n) is 12.0. The lowest BCUT2D eigenvalue weighted by atomic mass is 9.89. The van der Waals surface area contributed by atoms with Gasteiger partial charge in [-0.05, 0) is 85.2 Å². The van der Waals surface area contributed by atoms with E-state index >= 15 is 0 Å². The van der Waals surface area contributed by atoms with Crippen molar-refractivity contribution in [3.63, 3.8) is 0 Å². The van der Waals surface area contributed by atoms with Gasteiger partial charge in [0.2, 0.25) is 0 Å². The zero-order chi connectivity index (χ0) is 38.9. The summed E-state index contributed by atoms with van der Waals surface area (Å²) < 4.78 is 2.42. The summed E-state index contributed by atoms with van der Waals surface area (Å²) in [6, 6.07) is 76.3. The molecule has 0 atom stereocenters. The highest BCUT2D eigenvalue weighted by atomic mass is 15.0. The summed E-state index contributed by atoms with van der Waals surface area (Å²) in [7, 11) is 0. The molecule has 0 spiro atoms. The van der Waals surface area contributed by atoms with Gasteiger partial charge in [-0.1, -0.05) is 176 Å². The van der Waals surface area contributed by atoms with Gasteiger partial charge in [0.1, 0.15) is 0 Å². The van der Waals surface area contributed by atoms with Gasteiger partial charge >= 0.3 is 0 Å². The molecule has 0 amide bonds. The molecule has 0 radical (unpaired) electrons. The molecule has 12 rings (SSSR count). The second kappa shape index (κ2) is 13.4. The van der Waals surface area contributed by atoms with Gasteiger partial charge in [-0.2, -0.15) is 0 Å². The standard InChI is InChI=1S/C56H35N3/c1-3-15-37(16-4-1)51-35-52(38-17-5-2-6-18-38)58-56(57-51)49-24-13-23-47-43-20-9-10-21-44(43)50-33-40(28-31-48(50)55(47)49)41-27-30-46-45-22-11-12-25-53(45)59(54(46)34-41)42-29-26-36-14-7-8-19-39(36)32-42/h1-35H. The maximum absolute atomic E-state index is 5.28. The van der Waals surface area contributed by atoms with E-state index in [4.69, 9.17) is 9.97 Å². The van der Waals surface area contributed by atoms with Crippen LogP contribution in [0.1, 0.15) is 0 Å². The first-order valence-electron chi connectivity index (χ1n) is 20.2. The Kier molecular flexibility index (Phi) is 7.54. The molecule has 0 bridgehead atoms. The summed E-state index contributed by atoms with van der Waals surface area (Å²) >= 11 is 0. The molecule has 0 aliphatic heterocycles. The van der Waals surface area contributed by atoms with E-state index in [9.17, 15) is 0 Å². The number of rotatable bonds is 5. The maximum Gasteiger partial charge on any atom is 0.161 e. The number of para-hydroxylation sites is 1. The van der Waals surface area contributed by atoms with E-state index in [0.29, 0.717) is 5.82 Å². The lowest BCUT2D eigenvalue weighted by Gasteiger charge is -2.16. The lowest BCUT2D eigenvalue weighted by molar-refractivity contribution is 1.19. The van der Waals surface area contributed by atoms with Crippen molar-refractivity contribution in [3.05, 3.63) is 212 Å². The van der Waals surface area contributed by atoms with Crippen LogP contribution in [0.15, 0.2) is 212 Å². The fraction of sp³-hybridized carbons (Fsp3) is 0. The Bertz CT molecular complexity index is 3550. The second-order valence-electron chi connectivity index (χ2n) is 15.3. The SMILES string of the molecule is c1ccc(-c2cc(-c3ccccc3)nc(-c3cccc4c5ccccc5c5cc(-c6ccc7c8ccccc8n(-c8ccc9ccccc9c8)c7c6)ccc5c34)n2)cc1. The minimum Gasteiger partial charge on any atom is -0.309 e. The van der Waals surface area contributed by atoms with Crippen LogP contribution in [-0.2, 0) is 0 Å². The van der Waals surface area contributed by atoms with Crippen molar-refractivity contribution in [2.75, 3.05) is 0 Å². The van der Waals surface area contributed by atoms with Crippen LogP contribution in [0.2, 0.25) is 0 Å². The number of fused-ring (bicyclic) bond motifs is 10.